The van der Waals surface area contributed by atoms with E-state index in [-0.39, 0.29) is 0 Å². The van der Waals surface area contributed by atoms with Crippen molar-refractivity contribution in [1.29, 1.82) is 0 Å². The van der Waals surface area contributed by atoms with Crippen molar-refractivity contribution in [2.45, 2.75) is 19.9 Å². The van der Waals surface area contributed by atoms with Crippen LogP contribution in [0.15, 0.2) is 72.9 Å². The molecule has 116 valence electrons. The molecule has 0 saturated carbocycles. The number of pyridine rings is 1. The van der Waals surface area contributed by atoms with Crippen molar-refractivity contribution in [3.63, 3.8) is 0 Å². The van der Waals surface area contributed by atoms with Gasteiger partial charge >= 0.3 is 0 Å². The Morgan fingerprint density at radius 3 is 2.17 bits per heavy atom. The molecule has 0 aliphatic carbocycles. The minimum Gasteiger partial charge on any atom is -0.491 e. The summed E-state index contributed by atoms with van der Waals surface area (Å²) >= 11 is 0. The summed E-state index contributed by atoms with van der Waals surface area (Å²) in [6.07, 6.45) is 3.07. The molecule has 0 atom stereocenters. The Labute approximate surface area is 138 Å². The first kappa shape index (κ1) is 15.3. The fourth-order valence-corrected chi connectivity index (χ4v) is 2.84. The van der Waals surface area contributed by atoms with Gasteiger partial charge in [-0.25, -0.2) is 0 Å². The van der Waals surface area contributed by atoms with Crippen LogP contribution >= 0.6 is 0 Å². The van der Waals surface area contributed by atoms with Gasteiger partial charge in [0.2, 0.25) is 11.9 Å². The fraction of sp³-hybridized carbons (Fsp3) is 0.190. The van der Waals surface area contributed by atoms with Gasteiger partial charge < -0.3 is 4.74 Å². The number of aryl methyl sites for hydroxylation is 1. The second-order valence-corrected chi connectivity index (χ2v) is 5.59. The molecule has 2 aromatic carbocycles. The molecule has 1 aromatic heterocycles. The van der Waals surface area contributed by atoms with Crippen molar-refractivity contribution in [3.8, 4) is 17.0 Å². The number of aromatic nitrogens is 1. The third-order valence-electron chi connectivity index (χ3n) is 4.08. The smallest absolute Gasteiger partial charge is 0.213 e. The molecule has 23 heavy (non-hydrogen) atoms. The van der Waals surface area contributed by atoms with Crippen LogP contribution in [-0.2, 0) is 13.0 Å². The standard InChI is InChI=1S/C21H22NO/c1-3-18-14-20(19-12-8-5-9-13-19)22(16-21(18)23-2)15-17-10-6-4-7-11-17/h4-14,16H,3,15H2,1-2H3/q+1. The number of rotatable bonds is 5. The van der Waals surface area contributed by atoms with Crippen molar-refractivity contribution >= 4 is 0 Å². The minimum atomic E-state index is 0.825. The summed E-state index contributed by atoms with van der Waals surface area (Å²) < 4.78 is 7.85. The molecule has 3 rings (SSSR count). The van der Waals surface area contributed by atoms with E-state index in [1.54, 1.807) is 7.11 Å². The summed E-state index contributed by atoms with van der Waals surface area (Å²) in [4.78, 5) is 0. The Morgan fingerprint density at radius 2 is 1.57 bits per heavy atom. The predicted octanol–water partition coefficient (Wildman–Crippen LogP) is 4.26. The van der Waals surface area contributed by atoms with Gasteiger partial charge in [0.05, 0.1) is 7.11 Å². The van der Waals surface area contributed by atoms with E-state index in [1.165, 1.54) is 22.4 Å². The molecule has 0 fully saturated rings. The van der Waals surface area contributed by atoms with Gasteiger partial charge in [-0.3, -0.25) is 0 Å². The summed E-state index contributed by atoms with van der Waals surface area (Å²) in [5.41, 5.74) is 4.95. The number of benzene rings is 2. The molecule has 0 aliphatic heterocycles. The highest BCUT2D eigenvalue weighted by Gasteiger charge is 2.18. The molecule has 2 nitrogen and oxygen atoms in total. The monoisotopic (exact) mass is 304 g/mol. The van der Waals surface area contributed by atoms with Crippen LogP contribution < -0.4 is 9.30 Å². The van der Waals surface area contributed by atoms with E-state index in [2.05, 4.69) is 78.4 Å². The highest BCUT2D eigenvalue weighted by molar-refractivity contribution is 5.57. The molecule has 0 amide bonds. The van der Waals surface area contributed by atoms with E-state index >= 15 is 0 Å². The summed E-state index contributed by atoms with van der Waals surface area (Å²) in [6.45, 7) is 2.99. The summed E-state index contributed by atoms with van der Waals surface area (Å²) in [5.74, 6) is 0.947. The lowest BCUT2D eigenvalue weighted by Gasteiger charge is -2.10. The average molecular weight is 304 g/mol. The average Bonchev–Trinajstić information content (AvgIpc) is 2.63. The van der Waals surface area contributed by atoms with Gasteiger partial charge in [0.25, 0.3) is 0 Å². The van der Waals surface area contributed by atoms with Gasteiger partial charge in [0, 0.05) is 22.8 Å². The van der Waals surface area contributed by atoms with Crippen LogP contribution in [-0.4, -0.2) is 7.11 Å². The SMILES string of the molecule is CCc1cc(-c2ccccc2)[n+](Cc2ccccc2)cc1OC. The van der Waals surface area contributed by atoms with Crippen molar-refractivity contribution < 1.29 is 9.30 Å². The molecule has 1 heterocycles. The normalized spacial score (nSPS) is 10.5. The molecule has 0 saturated heterocycles. The third-order valence-corrected chi connectivity index (χ3v) is 4.08. The Kier molecular flexibility index (Phi) is 4.72. The zero-order valence-corrected chi connectivity index (χ0v) is 13.7. The topological polar surface area (TPSA) is 13.1 Å². The van der Waals surface area contributed by atoms with Crippen LogP contribution in [0, 0.1) is 0 Å². The third kappa shape index (κ3) is 3.42. The highest BCUT2D eigenvalue weighted by Crippen LogP contribution is 2.23. The van der Waals surface area contributed by atoms with Crippen LogP contribution in [0.25, 0.3) is 11.3 Å². The van der Waals surface area contributed by atoms with Crippen LogP contribution in [0.3, 0.4) is 0 Å². The van der Waals surface area contributed by atoms with E-state index in [4.69, 9.17) is 4.74 Å². The molecule has 0 bridgehead atoms. The van der Waals surface area contributed by atoms with Crippen molar-refractivity contribution in [2.75, 3.05) is 7.11 Å². The Bertz CT molecular complexity index is 767. The largest absolute Gasteiger partial charge is 0.491 e. The lowest BCUT2D eigenvalue weighted by molar-refractivity contribution is -0.677. The van der Waals surface area contributed by atoms with Gasteiger partial charge in [-0.05, 0) is 18.6 Å². The summed E-state index contributed by atoms with van der Waals surface area (Å²) in [6, 6.07) is 23.3. The van der Waals surface area contributed by atoms with Crippen LogP contribution in [0.5, 0.6) is 5.75 Å². The molecule has 3 aromatic rings. The molecular weight excluding hydrogens is 282 g/mol. The maximum absolute atomic E-state index is 5.58. The molecule has 0 aliphatic rings. The van der Waals surface area contributed by atoms with E-state index < -0.39 is 0 Å². The fourth-order valence-electron chi connectivity index (χ4n) is 2.84. The number of nitrogens with zero attached hydrogens (tertiary/aromatic N) is 1. The number of ether oxygens (including phenoxy) is 1. The van der Waals surface area contributed by atoms with Crippen LogP contribution in [0.1, 0.15) is 18.1 Å². The number of hydrogen-bond acceptors (Lipinski definition) is 1. The Hall–Kier alpha value is -2.61. The molecule has 0 radical (unpaired) electrons. The highest BCUT2D eigenvalue weighted by atomic mass is 16.5. The van der Waals surface area contributed by atoms with Crippen LogP contribution in [0.4, 0.5) is 0 Å². The molecular formula is C21H22NO+. The van der Waals surface area contributed by atoms with E-state index in [1.807, 2.05) is 6.07 Å². The predicted molar refractivity (Wildman–Crippen MR) is 93.5 cm³/mol. The van der Waals surface area contributed by atoms with E-state index in [0.717, 1.165) is 18.7 Å². The second kappa shape index (κ2) is 7.10. The van der Waals surface area contributed by atoms with E-state index in [0.29, 0.717) is 0 Å². The molecule has 0 N–H and O–H groups in total. The first-order chi connectivity index (χ1) is 11.3. The maximum Gasteiger partial charge on any atom is 0.213 e. The maximum atomic E-state index is 5.58. The zero-order valence-electron chi connectivity index (χ0n) is 13.7. The Morgan fingerprint density at radius 1 is 0.913 bits per heavy atom. The molecule has 0 unspecified atom stereocenters. The second-order valence-electron chi connectivity index (χ2n) is 5.59. The summed E-state index contributed by atoms with van der Waals surface area (Å²) in [5, 5.41) is 0. The van der Waals surface area contributed by atoms with Gasteiger partial charge in [0.15, 0.2) is 12.3 Å². The van der Waals surface area contributed by atoms with Crippen molar-refractivity contribution in [1.82, 2.24) is 0 Å². The zero-order chi connectivity index (χ0) is 16.1. The summed E-state index contributed by atoms with van der Waals surface area (Å²) in [7, 11) is 1.74. The molecule has 0 spiro atoms. The van der Waals surface area contributed by atoms with Crippen molar-refractivity contribution in [3.05, 3.63) is 84.1 Å². The quantitative estimate of drug-likeness (QED) is 0.642. The lowest BCUT2D eigenvalue weighted by atomic mass is 10.1. The van der Waals surface area contributed by atoms with Gasteiger partial charge in [-0.1, -0.05) is 55.5 Å². The molecule has 2 heteroatoms. The van der Waals surface area contributed by atoms with Gasteiger partial charge in [0.1, 0.15) is 0 Å². The van der Waals surface area contributed by atoms with Crippen molar-refractivity contribution in [2.24, 2.45) is 0 Å². The van der Waals surface area contributed by atoms with E-state index in [9.17, 15) is 0 Å². The Balaban J connectivity index is 2.11. The van der Waals surface area contributed by atoms with Gasteiger partial charge in [-0.2, -0.15) is 4.57 Å². The first-order valence-electron chi connectivity index (χ1n) is 8.01. The van der Waals surface area contributed by atoms with Gasteiger partial charge in [-0.15, -0.1) is 0 Å². The lowest BCUT2D eigenvalue weighted by Crippen LogP contribution is -2.37. The number of methoxy groups -OCH3 is 1. The minimum absolute atomic E-state index is 0.825. The van der Waals surface area contributed by atoms with Crippen LogP contribution in [0.2, 0.25) is 0 Å². The number of hydrogen-bond donors (Lipinski definition) is 0. The first-order valence-corrected chi connectivity index (χ1v) is 8.01.